The topological polar surface area (TPSA) is 9.86 Å². The average Bonchev–Trinajstić information content (AvgIpc) is 3.72. The molecule has 2 heterocycles. The van der Waals surface area contributed by atoms with Gasteiger partial charge >= 0.3 is 0 Å². The molecule has 0 spiro atoms. The van der Waals surface area contributed by atoms with Gasteiger partial charge in [-0.3, -0.25) is 0 Å². The lowest BCUT2D eigenvalue weighted by atomic mass is 9.96. The van der Waals surface area contributed by atoms with E-state index in [0.717, 1.165) is 11.4 Å². The van der Waals surface area contributed by atoms with E-state index in [1.165, 1.54) is 77.0 Å². The first-order chi connectivity index (χ1) is 24.8. The van der Waals surface area contributed by atoms with Crippen molar-refractivity contribution in [2.75, 3.05) is 0 Å². The largest absolute Gasteiger partial charge is 0.309 e. The third-order valence-corrected chi connectivity index (χ3v) is 10.1. The van der Waals surface area contributed by atoms with Gasteiger partial charge in [0.1, 0.15) is 0 Å². The van der Waals surface area contributed by atoms with Gasteiger partial charge in [0.2, 0.25) is 0 Å². The zero-order valence-electron chi connectivity index (χ0n) is 27.4. The van der Waals surface area contributed by atoms with Crippen LogP contribution in [-0.2, 0) is 0 Å². The molecule has 234 valence electrons. The maximum Gasteiger partial charge on any atom is 0.0619 e. The van der Waals surface area contributed by atoms with Gasteiger partial charge in [-0.25, -0.2) is 0 Å². The summed E-state index contributed by atoms with van der Waals surface area (Å²) < 4.78 is 4.88. The Morgan fingerprint density at radius 1 is 0.280 bits per heavy atom. The quantitative estimate of drug-likeness (QED) is 0.178. The Labute approximate surface area is 290 Å². The monoisotopic (exact) mass is 636 g/mol. The third-order valence-electron chi connectivity index (χ3n) is 10.1. The molecule has 10 aromatic rings. The Kier molecular flexibility index (Phi) is 6.53. The minimum Gasteiger partial charge on any atom is -0.309 e. The average molecular weight is 637 g/mol. The second kappa shape index (κ2) is 11.5. The number of nitrogens with zero attached hydrogens (tertiary/aromatic N) is 2. The first kappa shape index (κ1) is 28.4. The highest BCUT2D eigenvalue weighted by Gasteiger charge is 2.21. The van der Waals surface area contributed by atoms with Crippen molar-refractivity contribution >= 4 is 43.6 Å². The zero-order chi connectivity index (χ0) is 33.0. The minimum absolute atomic E-state index is 1.15. The summed E-state index contributed by atoms with van der Waals surface area (Å²) in [5.74, 6) is 0. The minimum atomic E-state index is 1.15. The fraction of sp³-hybridized carbons (Fsp3) is 0. The van der Waals surface area contributed by atoms with Crippen molar-refractivity contribution in [3.63, 3.8) is 0 Å². The van der Waals surface area contributed by atoms with Gasteiger partial charge in [-0.1, -0.05) is 146 Å². The Bertz CT molecular complexity index is 2840. The number of fused-ring (bicyclic) bond motifs is 6. The van der Waals surface area contributed by atoms with Crippen molar-refractivity contribution in [1.29, 1.82) is 0 Å². The number of benzene rings is 8. The molecule has 2 nitrogen and oxygen atoms in total. The van der Waals surface area contributed by atoms with Crippen LogP contribution in [0.4, 0.5) is 0 Å². The van der Waals surface area contributed by atoms with E-state index < -0.39 is 0 Å². The number of para-hydroxylation sites is 3. The van der Waals surface area contributed by atoms with E-state index in [-0.39, 0.29) is 0 Å². The SMILES string of the molecule is c1ccc(-c2cccc(-n3c4ccccc4c4c(-c5cccc6c7cc(-c8ccccc8)ccc7n(-c7ccccc7)c56)cccc43)c2)cc1. The molecule has 2 aromatic heterocycles. The fourth-order valence-electron chi connectivity index (χ4n) is 7.92. The van der Waals surface area contributed by atoms with Crippen molar-refractivity contribution < 1.29 is 0 Å². The summed E-state index contributed by atoms with van der Waals surface area (Å²) in [6.45, 7) is 0. The van der Waals surface area contributed by atoms with Crippen LogP contribution in [0.2, 0.25) is 0 Å². The van der Waals surface area contributed by atoms with E-state index in [0.29, 0.717) is 0 Å². The van der Waals surface area contributed by atoms with E-state index in [1.807, 2.05) is 0 Å². The number of rotatable bonds is 5. The summed E-state index contributed by atoms with van der Waals surface area (Å²) in [4.78, 5) is 0. The summed E-state index contributed by atoms with van der Waals surface area (Å²) in [6.07, 6.45) is 0. The molecular weight excluding hydrogens is 605 g/mol. The molecule has 0 aliphatic heterocycles. The van der Waals surface area contributed by atoms with E-state index in [4.69, 9.17) is 0 Å². The second-order valence-electron chi connectivity index (χ2n) is 12.9. The molecule has 0 bridgehead atoms. The standard InChI is InChI=1S/C48H32N2/c1-4-15-33(16-5-1)35-19-12-22-38(31-35)49-44-27-11-10-23-42(44)47-39(24-14-28-46(47)49)40-25-13-26-41-43-32-36(34-17-6-2-7-18-34)29-30-45(43)50(48(40)41)37-20-8-3-9-21-37/h1-32H. The van der Waals surface area contributed by atoms with Gasteiger partial charge in [-0.2, -0.15) is 0 Å². The molecule has 0 fully saturated rings. The highest BCUT2D eigenvalue weighted by molar-refractivity contribution is 6.21. The first-order valence-electron chi connectivity index (χ1n) is 17.2. The first-order valence-corrected chi connectivity index (χ1v) is 17.2. The van der Waals surface area contributed by atoms with Gasteiger partial charge in [0.15, 0.2) is 0 Å². The molecule has 0 aliphatic rings. The van der Waals surface area contributed by atoms with Crippen LogP contribution in [0.5, 0.6) is 0 Å². The Hall–Kier alpha value is -6.64. The summed E-state index contributed by atoms with van der Waals surface area (Å²) in [7, 11) is 0. The van der Waals surface area contributed by atoms with Crippen LogP contribution in [0.15, 0.2) is 194 Å². The van der Waals surface area contributed by atoms with Gasteiger partial charge in [0.25, 0.3) is 0 Å². The van der Waals surface area contributed by atoms with Crippen molar-refractivity contribution in [2.45, 2.75) is 0 Å². The maximum absolute atomic E-state index is 2.45. The summed E-state index contributed by atoms with van der Waals surface area (Å²) in [5, 5.41) is 5.00. The third kappa shape index (κ3) is 4.43. The number of hydrogen-bond donors (Lipinski definition) is 0. The lowest BCUT2D eigenvalue weighted by molar-refractivity contribution is 1.18. The van der Waals surface area contributed by atoms with Crippen LogP contribution < -0.4 is 0 Å². The molecule has 0 N–H and O–H groups in total. The second-order valence-corrected chi connectivity index (χ2v) is 12.9. The zero-order valence-corrected chi connectivity index (χ0v) is 27.4. The van der Waals surface area contributed by atoms with Crippen molar-refractivity contribution in [3.8, 4) is 44.8 Å². The number of aromatic nitrogens is 2. The molecule has 0 saturated carbocycles. The molecule has 0 aliphatic carbocycles. The van der Waals surface area contributed by atoms with Crippen molar-refractivity contribution in [1.82, 2.24) is 9.13 Å². The summed E-state index contributed by atoms with van der Waals surface area (Å²) in [5.41, 5.74) is 14.4. The predicted octanol–water partition coefficient (Wildman–Crippen LogP) is 12.9. The lowest BCUT2D eigenvalue weighted by Crippen LogP contribution is -1.96. The lowest BCUT2D eigenvalue weighted by Gasteiger charge is -2.13. The van der Waals surface area contributed by atoms with Crippen molar-refractivity contribution in [3.05, 3.63) is 194 Å². The van der Waals surface area contributed by atoms with Crippen molar-refractivity contribution in [2.24, 2.45) is 0 Å². The summed E-state index contributed by atoms with van der Waals surface area (Å²) >= 11 is 0. The Morgan fingerprint density at radius 2 is 0.820 bits per heavy atom. The van der Waals surface area contributed by atoms with Crippen LogP contribution >= 0.6 is 0 Å². The molecule has 50 heavy (non-hydrogen) atoms. The van der Waals surface area contributed by atoms with E-state index in [2.05, 4.69) is 203 Å². The van der Waals surface area contributed by atoms with Crippen LogP contribution in [0.25, 0.3) is 88.4 Å². The van der Waals surface area contributed by atoms with E-state index >= 15 is 0 Å². The van der Waals surface area contributed by atoms with E-state index in [1.54, 1.807) is 0 Å². The smallest absolute Gasteiger partial charge is 0.0619 e. The number of hydrogen-bond acceptors (Lipinski definition) is 0. The molecule has 0 amide bonds. The Balaban J connectivity index is 1.28. The van der Waals surface area contributed by atoms with Crippen LogP contribution in [0.3, 0.4) is 0 Å². The van der Waals surface area contributed by atoms with Crippen LogP contribution in [0, 0.1) is 0 Å². The van der Waals surface area contributed by atoms with Gasteiger partial charge in [0, 0.05) is 38.5 Å². The molecule has 0 saturated heterocycles. The van der Waals surface area contributed by atoms with Gasteiger partial charge in [0.05, 0.1) is 22.1 Å². The molecule has 10 rings (SSSR count). The van der Waals surface area contributed by atoms with Gasteiger partial charge in [-0.15, -0.1) is 0 Å². The fourth-order valence-corrected chi connectivity index (χ4v) is 7.92. The maximum atomic E-state index is 2.45. The molecule has 0 radical (unpaired) electrons. The Morgan fingerprint density at radius 3 is 1.60 bits per heavy atom. The molecule has 8 aromatic carbocycles. The highest BCUT2D eigenvalue weighted by atomic mass is 15.0. The van der Waals surface area contributed by atoms with Gasteiger partial charge in [-0.05, 0) is 76.3 Å². The van der Waals surface area contributed by atoms with E-state index in [9.17, 15) is 0 Å². The van der Waals surface area contributed by atoms with Crippen LogP contribution in [-0.4, -0.2) is 9.13 Å². The predicted molar refractivity (Wildman–Crippen MR) is 211 cm³/mol. The normalized spacial score (nSPS) is 11.6. The van der Waals surface area contributed by atoms with Crippen LogP contribution in [0.1, 0.15) is 0 Å². The summed E-state index contributed by atoms with van der Waals surface area (Å²) in [6, 6.07) is 70.4. The van der Waals surface area contributed by atoms with Gasteiger partial charge < -0.3 is 9.13 Å². The highest BCUT2D eigenvalue weighted by Crippen LogP contribution is 2.44. The molecule has 0 unspecified atom stereocenters. The molecule has 0 atom stereocenters. The molecule has 2 heteroatoms. The molecular formula is C48H32N2.